The van der Waals surface area contributed by atoms with E-state index in [4.69, 9.17) is 0 Å². The minimum Gasteiger partial charge on any atom is -0.263 e. The van der Waals surface area contributed by atoms with Gasteiger partial charge in [-0.15, -0.1) is 0 Å². The Balaban J connectivity index is 2.38. The van der Waals surface area contributed by atoms with Crippen LogP contribution in [0.25, 0.3) is 11.1 Å². The van der Waals surface area contributed by atoms with Crippen molar-refractivity contribution in [1.29, 1.82) is 0 Å². The van der Waals surface area contributed by atoms with Crippen molar-refractivity contribution in [2.75, 3.05) is 0 Å². The average Bonchev–Trinajstić information content (AvgIpc) is 2.79. The summed E-state index contributed by atoms with van der Waals surface area (Å²) >= 11 is 0. The lowest BCUT2D eigenvalue weighted by atomic mass is 9.84. The summed E-state index contributed by atoms with van der Waals surface area (Å²) in [6.07, 6.45) is 0.919. The zero-order chi connectivity index (χ0) is 15.9. The highest BCUT2D eigenvalue weighted by molar-refractivity contribution is 5.81. The molecule has 0 bridgehead atoms. The van der Waals surface area contributed by atoms with Crippen LogP contribution in [0.2, 0.25) is 0 Å². The molecule has 6 nitrogen and oxygen atoms in total. The minimum absolute atomic E-state index is 0.117. The lowest BCUT2D eigenvalue weighted by Gasteiger charge is -2.22. The van der Waals surface area contributed by atoms with Crippen LogP contribution in [0.4, 0.5) is 5.69 Å². The zero-order valence-corrected chi connectivity index (χ0v) is 12.0. The van der Waals surface area contributed by atoms with Crippen LogP contribution in [-0.2, 0) is 5.54 Å². The molecule has 6 heteroatoms. The maximum atomic E-state index is 12.0. The number of hydrogen-bond acceptors (Lipinski definition) is 4. The van der Waals surface area contributed by atoms with Crippen LogP contribution in [0.3, 0.4) is 0 Å². The number of non-ortho nitro benzene ring substituents is 1. The van der Waals surface area contributed by atoms with Gasteiger partial charge in [-0.05, 0) is 23.6 Å². The molecular formula is C16H14N2O4. The number of benzene rings is 2. The molecule has 3 rings (SSSR count). The van der Waals surface area contributed by atoms with Gasteiger partial charge < -0.3 is 0 Å². The maximum absolute atomic E-state index is 12.0. The molecule has 0 radical (unpaired) electrons. The molecule has 1 aliphatic rings. The van der Waals surface area contributed by atoms with Crippen LogP contribution in [-0.4, -0.2) is 9.85 Å². The molecule has 1 aliphatic carbocycles. The molecule has 0 fully saturated rings. The smallest absolute Gasteiger partial charge is 0.263 e. The van der Waals surface area contributed by atoms with Crippen LogP contribution in [0, 0.1) is 20.2 Å². The fourth-order valence-corrected chi connectivity index (χ4v) is 3.37. The zero-order valence-electron chi connectivity index (χ0n) is 12.0. The Kier molecular flexibility index (Phi) is 3.16. The van der Waals surface area contributed by atoms with Crippen molar-refractivity contribution >= 4 is 5.69 Å². The molecule has 2 aromatic rings. The van der Waals surface area contributed by atoms with Crippen LogP contribution in [0.15, 0.2) is 42.5 Å². The van der Waals surface area contributed by atoms with E-state index in [0.717, 1.165) is 5.56 Å². The second-order valence-electron chi connectivity index (χ2n) is 5.40. The molecule has 0 unspecified atom stereocenters. The largest absolute Gasteiger partial charge is 0.273 e. The van der Waals surface area contributed by atoms with E-state index in [2.05, 4.69) is 0 Å². The van der Waals surface area contributed by atoms with E-state index in [1.807, 2.05) is 19.1 Å². The van der Waals surface area contributed by atoms with E-state index in [1.54, 1.807) is 18.2 Å². The summed E-state index contributed by atoms with van der Waals surface area (Å²) in [7, 11) is 0. The number of rotatable bonds is 4. The van der Waals surface area contributed by atoms with Crippen molar-refractivity contribution in [3.63, 3.8) is 0 Å². The van der Waals surface area contributed by atoms with Gasteiger partial charge >= 0.3 is 0 Å². The number of nitrogens with zero attached hydrogens (tertiary/aromatic N) is 2. The van der Waals surface area contributed by atoms with Crippen LogP contribution >= 0.6 is 0 Å². The molecule has 112 valence electrons. The summed E-state index contributed by atoms with van der Waals surface area (Å²) in [6.45, 7) is 1.88. The first-order chi connectivity index (χ1) is 10.5. The molecule has 2 aromatic carbocycles. The molecule has 0 N–H and O–H groups in total. The number of nitro groups is 2. The van der Waals surface area contributed by atoms with Gasteiger partial charge in [-0.1, -0.05) is 31.2 Å². The molecule has 22 heavy (non-hydrogen) atoms. The fourth-order valence-electron chi connectivity index (χ4n) is 3.37. The van der Waals surface area contributed by atoms with Crippen molar-refractivity contribution in [1.82, 2.24) is 0 Å². The number of fused-ring (bicyclic) bond motifs is 3. The molecule has 1 atom stereocenters. The third-order valence-corrected chi connectivity index (χ3v) is 4.25. The van der Waals surface area contributed by atoms with Gasteiger partial charge in [-0.3, -0.25) is 20.2 Å². The molecule has 0 saturated carbocycles. The Morgan fingerprint density at radius 3 is 2.32 bits per heavy atom. The molecule has 0 spiro atoms. The predicted octanol–water partition coefficient (Wildman–Crippen LogP) is 3.90. The van der Waals surface area contributed by atoms with E-state index in [-0.39, 0.29) is 10.6 Å². The van der Waals surface area contributed by atoms with E-state index in [1.165, 1.54) is 12.1 Å². The van der Waals surface area contributed by atoms with Gasteiger partial charge in [-0.2, -0.15) is 0 Å². The van der Waals surface area contributed by atoms with Crippen molar-refractivity contribution in [3.8, 4) is 11.1 Å². The molecular weight excluding hydrogens is 284 g/mol. The third-order valence-electron chi connectivity index (χ3n) is 4.25. The van der Waals surface area contributed by atoms with Gasteiger partial charge in [0.25, 0.3) is 11.2 Å². The fraction of sp³-hybridized carbons (Fsp3) is 0.250. The van der Waals surface area contributed by atoms with Crippen LogP contribution < -0.4 is 0 Å². The summed E-state index contributed by atoms with van der Waals surface area (Å²) in [5.74, 6) is 0. The Morgan fingerprint density at radius 2 is 1.68 bits per heavy atom. The van der Waals surface area contributed by atoms with E-state index in [9.17, 15) is 20.2 Å². The second-order valence-corrected chi connectivity index (χ2v) is 5.40. The average molecular weight is 298 g/mol. The Morgan fingerprint density at radius 1 is 1.00 bits per heavy atom. The first-order valence-electron chi connectivity index (χ1n) is 7.05. The summed E-state index contributed by atoms with van der Waals surface area (Å²) < 4.78 is 0. The lowest BCUT2D eigenvalue weighted by Crippen LogP contribution is -2.34. The SMILES string of the molecule is CCC[C@@]1([N+](=O)[O-])c2ccccc2-c2ccc([N+](=O)[O-])cc21. The summed E-state index contributed by atoms with van der Waals surface area (Å²) in [5.41, 5.74) is 1.04. The van der Waals surface area contributed by atoms with Crippen LogP contribution in [0.1, 0.15) is 30.9 Å². The maximum Gasteiger partial charge on any atom is 0.273 e. The lowest BCUT2D eigenvalue weighted by molar-refractivity contribution is -0.566. The highest BCUT2D eigenvalue weighted by Crippen LogP contribution is 2.52. The highest BCUT2D eigenvalue weighted by Gasteiger charge is 2.53. The van der Waals surface area contributed by atoms with Crippen molar-refractivity contribution < 1.29 is 9.85 Å². The first kappa shape index (κ1) is 14.2. The van der Waals surface area contributed by atoms with E-state index >= 15 is 0 Å². The molecule has 0 amide bonds. The summed E-state index contributed by atoms with van der Waals surface area (Å²) in [6, 6.07) is 11.6. The summed E-state index contributed by atoms with van der Waals surface area (Å²) in [5, 5.41) is 23.0. The van der Waals surface area contributed by atoms with Crippen molar-refractivity contribution in [2.45, 2.75) is 25.3 Å². The van der Waals surface area contributed by atoms with Gasteiger partial charge in [0.15, 0.2) is 0 Å². The van der Waals surface area contributed by atoms with Gasteiger partial charge in [0.05, 0.1) is 4.92 Å². The van der Waals surface area contributed by atoms with E-state index < -0.39 is 10.5 Å². The third kappa shape index (κ3) is 1.73. The highest BCUT2D eigenvalue weighted by atomic mass is 16.6. The number of nitro benzene ring substituents is 1. The minimum atomic E-state index is -1.40. The van der Waals surface area contributed by atoms with E-state index in [0.29, 0.717) is 29.5 Å². The summed E-state index contributed by atoms with van der Waals surface area (Å²) in [4.78, 5) is 22.2. The second kappa shape index (κ2) is 4.91. The van der Waals surface area contributed by atoms with Crippen LogP contribution in [0.5, 0.6) is 0 Å². The van der Waals surface area contributed by atoms with Crippen molar-refractivity contribution in [3.05, 3.63) is 73.8 Å². The standard InChI is InChI=1S/C16H14N2O4/c1-2-9-16(18(21)22)14-6-4-3-5-12(14)13-8-7-11(17(19)20)10-15(13)16/h3-8,10H,2,9H2,1H3/t16-/m1/s1. The Bertz CT molecular complexity index is 787. The molecule has 0 aromatic heterocycles. The first-order valence-corrected chi connectivity index (χ1v) is 7.05. The van der Waals surface area contributed by atoms with Gasteiger partial charge in [-0.25, -0.2) is 0 Å². The predicted molar refractivity (Wildman–Crippen MR) is 81.2 cm³/mol. The van der Waals surface area contributed by atoms with Gasteiger partial charge in [0.1, 0.15) is 0 Å². The quantitative estimate of drug-likeness (QED) is 0.632. The number of hydrogen-bond donors (Lipinski definition) is 0. The molecule has 0 saturated heterocycles. The van der Waals surface area contributed by atoms with Gasteiger partial charge in [0.2, 0.25) is 0 Å². The normalized spacial score (nSPS) is 18.6. The monoisotopic (exact) mass is 298 g/mol. The Hall–Kier alpha value is -2.76. The van der Waals surface area contributed by atoms with Gasteiger partial charge in [0, 0.05) is 34.6 Å². The molecule has 0 aliphatic heterocycles. The van der Waals surface area contributed by atoms with Crippen molar-refractivity contribution in [2.24, 2.45) is 0 Å². The Labute approximate surface area is 126 Å². The molecule has 0 heterocycles. The topological polar surface area (TPSA) is 86.3 Å².